The molecule has 6 nitrogen and oxygen atoms in total. The van der Waals surface area contributed by atoms with Gasteiger partial charge in [0.2, 0.25) is 5.75 Å². The molecule has 0 atom stereocenters. The minimum atomic E-state index is 0. The third-order valence-electron chi connectivity index (χ3n) is 3.95. The average Bonchev–Trinajstić information content (AvgIpc) is 2.62. The van der Waals surface area contributed by atoms with Gasteiger partial charge in [0.15, 0.2) is 17.5 Å². The Morgan fingerprint density at radius 2 is 1.65 bits per heavy atom. The van der Waals surface area contributed by atoms with Crippen LogP contribution in [0.4, 0.5) is 0 Å². The lowest BCUT2D eigenvalue weighted by atomic mass is 10.1. The molecule has 7 heteroatoms. The number of guanidine groups is 1. The van der Waals surface area contributed by atoms with Crippen molar-refractivity contribution in [3.63, 3.8) is 0 Å². The van der Waals surface area contributed by atoms with Crippen molar-refractivity contribution in [2.24, 2.45) is 10.9 Å². The van der Waals surface area contributed by atoms with E-state index in [2.05, 4.69) is 29.5 Å². The van der Waals surface area contributed by atoms with E-state index in [1.54, 1.807) is 28.4 Å². The van der Waals surface area contributed by atoms with Gasteiger partial charge in [0.25, 0.3) is 0 Å². The summed E-state index contributed by atoms with van der Waals surface area (Å²) in [4.78, 5) is 4.26. The third-order valence-corrected chi connectivity index (χ3v) is 3.95. The molecule has 26 heavy (non-hydrogen) atoms. The van der Waals surface area contributed by atoms with E-state index >= 15 is 0 Å². The molecule has 0 radical (unpaired) electrons. The lowest BCUT2D eigenvalue weighted by Crippen LogP contribution is -2.38. The normalized spacial score (nSPS) is 11.0. The second-order valence-electron chi connectivity index (χ2n) is 6.21. The summed E-state index contributed by atoms with van der Waals surface area (Å²) in [5, 5.41) is 6.68. The summed E-state index contributed by atoms with van der Waals surface area (Å²) in [7, 11) is 6.66. The molecule has 2 N–H and O–H groups in total. The van der Waals surface area contributed by atoms with Crippen molar-refractivity contribution in [1.82, 2.24) is 10.6 Å². The van der Waals surface area contributed by atoms with Crippen LogP contribution < -0.4 is 24.8 Å². The first-order chi connectivity index (χ1) is 12.1. The SMILES string of the molecule is CN=C(NCCCC(C)C)NCCc1ccc(OC)c(OC)c1OC.I. The highest BCUT2D eigenvalue weighted by molar-refractivity contribution is 14.0. The van der Waals surface area contributed by atoms with Crippen LogP contribution in [-0.2, 0) is 6.42 Å². The minimum absolute atomic E-state index is 0. The Hall–Kier alpha value is -1.38. The maximum Gasteiger partial charge on any atom is 0.203 e. The van der Waals surface area contributed by atoms with Crippen molar-refractivity contribution in [1.29, 1.82) is 0 Å². The van der Waals surface area contributed by atoms with E-state index in [4.69, 9.17) is 14.2 Å². The number of nitrogens with zero attached hydrogens (tertiary/aromatic N) is 1. The number of aliphatic imine (C=N–C) groups is 1. The first-order valence-electron chi connectivity index (χ1n) is 8.79. The van der Waals surface area contributed by atoms with Crippen LogP contribution in [0, 0.1) is 5.92 Å². The van der Waals surface area contributed by atoms with Gasteiger partial charge in [-0.25, -0.2) is 0 Å². The van der Waals surface area contributed by atoms with Gasteiger partial charge in [0, 0.05) is 25.7 Å². The first-order valence-corrected chi connectivity index (χ1v) is 8.79. The van der Waals surface area contributed by atoms with E-state index in [9.17, 15) is 0 Å². The summed E-state index contributed by atoms with van der Waals surface area (Å²) in [6, 6.07) is 3.90. The standard InChI is InChI=1S/C19H33N3O3.HI/c1-14(2)8-7-12-21-19(20-3)22-13-11-15-9-10-16(23-4)18(25-6)17(15)24-5;/h9-10,14H,7-8,11-13H2,1-6H3,(H2,20,21,22);1H. The molecule has 0 aliphatic heterocycles. The molecule has 0 heterocycles. The number of hydrogen-bond acceptors (Lipinski definition) is 4. The van der Waals surface area contributed by atoms with Crippen LogP contribution in [0.15, 0.2) is 17.1 Å². The Bertz CT molecular complexity index is 551. The van der Waals surface area contributed by atoms with Crippen molar-refractivity contribution in [3.05, 3.63) is 17.7 Å². The molecule has 0 aliphatic carbocycles. The fourth-order valence-electron chi connectivity index (χ4n) is 2.61. The maximum atomic E-state index is 5.52. The fraction of sp³-hybridized carbons (Fsp3) is 0.632. The smallest absolute Gasteiger partial charge is 0.203 e. The lowest BCUT2D eigenvalue weighted by molar-refractivity contribution is 0.322. The van der Waals surface area contributed by atoms with Gasteiger partial charge in [0.1, 0.15) is 0 Å². The number of rotatable bonds is 10. The summed E-state index contributed by atoms with van der Waals surface area (Å²) < 4.78 is 16.3. The molecule has 0 aromatic heterocycles. The molecule has 0 amide bonds. The van der Waals surface area contributed by atoms with Crippen molar-refractivity contribution in [2.45, 2.75) is 33.1 Å². The van der Waals surface area contributed by atoms with Gasteiger partial charge in [-0.15, -0.1) is 24.0 Å². The monoisotopic (exact) mass is 479 g/mol. The van der Waals surface area contributed by atoms with Crippen LogP contribution in [0.3, 0.4) is 0 Å². The summed E-state index contributed by atoms with van der Waals surface area (Å²) in [5.41, 5.74) is 1.06. The molecule has 0 fully saturated rings. The number of benzene rings is 1. The van der Waals surface area contributed by atoms with Crippen LogP contribution in [0.25, 0.3) is 0 Å². The molecule has 150 valence electrons. The second-order valence-corrected chi connectivity index (χ2v) is 6.21. The van der Waals surface area contributed by atoms with Gasteiger partial charge in [0.05, 0.1) is 21.3 Å². The number of methoxy groups -OCH3 is 3. The highest BCUT2D eigenvalue weighted by Gasteiger charge is 2.15. The van der Waals surface area contributed by atoms with Crippen molar-refractivity contribution < 1.29 is 14.2 Å². The summed E-state index contributed by atoms with van der Waals surface area (Å²) in [6.45, 7) is 6.15. The van der Waals surface area contributed by atoms with Gasteiger partial charge in [-0.3, -0.25) is 4.99 Å². The molecule has 0 saturated carbocycles. The van der Waals surface area contributed by atoms with E-state index in [-0.39, 0.29) is 24.0 Å². The maximum absolute atomic E-state index is 5.52. The third kappa shape index (κ3) is 7.88. The zero-order valence-corrected chi connectivity index (χ0v) is 19.2. The minimum Gasteiger partial charge on any atom is -0.493 e. The van der Waals surface area contributed by atoms with Crippen LogP contribution in [-0.4, -0.2) is 47.4 Å². The number of hydrogen-bond donors (Lipinski definition) is 2. The van der Waals surface area contributed by atoms with Gasteiger partial charge in [-0.05, 0) is 31.2 Å². The van der Waals surface area contributed by atoms with Gasteiger partial charge < -0.3 is 24.8 Å². The van der Waals surface area contributed by atoms with Gasteiger partial charge in [-0.1, -0.05) is 19.9 Å². The molecule has 1 rings (SSSR count). The predicted molar refractivity (Wildman–Crippen MR) is 119 cm³/mol. The van der Waals surface area contributed by atoms with Crippen LogP contribution in [0.1, 0.15) is 32.3 Å². The number of nitrogens with one attached hydrogen (secondary N) is 2. The number of ether oxygens (including phenoxy) is 3. The average molecular weight is 479 g/mol. The van der Waals surface area contributed by atoms with Crippen LogP contribution >= 0.6 is 24.0 Å². The van der Waals surface area contributed by atoms with Gasteiger partial charge >= 0.3 is 0 Å². The Kier molecular flexibility index (Phi) is 13.0. The molecule has 0 aliphatic rings. The summed E-state index contributed by atoms with van der Waals surface area (Å²) >= 11 is 0. The highest BCUT2D eigenvalue weighted by Crippen LogP contribution is 2.39. The van der Waals surface area contributed by atoms with E-state index in [0.29, 0.717) is 17.2 Å². The van der Waals surface area contributed by atoms with E-state index in [1.807, 2.05) is 12.1 Å². The molecule has 1 aromatic carbocycles. The Morgan fingerprint density at radius 3 is 2.19 bits per heavy atom. The fourth-order valence-corrected chi connectivity index (χ4v) is 2.61. The van der Waals surface area contributed by atoms with Crippen LogP contribution in [0.5, 0.6) is 17.2 Å². The topological polar surface area (TPSA) is 64.1 Å². The highest BCUT2D eigenvalue weighted by atomic mass is 127. The summed E-state index contributed by atoms with van der Waals surface area (Å²) in [5.74, 6) is 3.55. The Morgan fingerprint density at radius 1 is 1.00 bits per heavy atom. The quantitative estimate of drug-likeness (QED) is 0.233. The largest absolute Gasteiger partial charge is 0.493 e. The zero-order chi connectivity index (χ0) is 18.7. The molecular formula is C19H34IN3O3. The Balaban J connectivity index is 0.00000625. The number of halogens is 1. The van der Waals surface area contributed by atoms with Crippen LogP contribution in [0.2, 0.25) is 0 Å². The van der Waals surface area contributed by atoms with E-state index in [0.717, 1.165) is 43.4 Å². The van der Waals surface area contributed by atoms with Gasteiger partial charge in [-0.2, -0.15) is 0 Å². The molecule has 0 unspecified atom stereocenters. The second kappa shape index (κ2) is 13.8. The van der Waals surface area contributed by atoms with E-state index in [1.165, 1.54) is 6.42 Å². The zero-order valence-electron chi connectivity index (χ0n) is 16.8. The predicted octanol–water partition coefficient (Wildman–Crippen LogP) is 3.47. The first kappa shape index (κ1) is 24.6. The van der Waals surface area contributed by atoms with E-state index < -0.39 is 0 Å². The lowest BCUT2D eigenvalue weighted by Gasteiger charge is -2.16. The van der Waals surface area contributed by atoms with Crippen molar-refractivity contribution in [3.8, 4) is 17.2 Å². The molecular weight excluding hydrogens is 445 g/mol. The molecule has 0 saturated heterocycles. The molecule has 1 aromatic rings. The Labute approximate surface area is 175 Å². The van der Waals surface area contributed by atoms with Crippen molar-refractivity contribution >= 4 is 29.9 Å². The molecule has 0 bridgehead atoms. The van der Waals surface area contributed by atoms with Crippen molar-refractivity contribution in [2.75, 3.05) is 41.5 Å². The molecule has 0 spiro atoms. The summed E-state index contributed by atoms with van der Waals surface area (Å²) in [6.07, 6.45) is 3.14.